The zero-order valence-electron chi connectivity index (χ0n) is 49.6. The quantitative estimate of drug-likeness (QED) is 0.0375. The number of allylic oxidation sites excluding steroid dienone is 3. The van der Waals surface area contributed by atoms with Crippen LogP contribution in [0.15, 0.2) is 36.8 Å². The maximum Gasteiger partial charge on any atom is 0.264 e. The molecule has 0 aromatic rings. The average molecular weight is 1030 g/mol. The Morgan fingerprint density at radius 2 is 0.444 bits per heavy atom. The second kappa shape index (κ2) is 59.3. The van der Waals surface area contributed by atoms with Crippen LogP contribution in [0.2, 0.25) is 0 Å². The molecule has 0 fully saturated rings. The normalized spacial score (nSPS) is 12.6. The molecule has 0 spiro atoms. The highest BCUT2D eigenvalue weighted by molar-refractivity contribution is 7.85. The van der Waals surface area contributed by atoms with E-state index in [0.29, 0.717) is 10.9 Å². The molecule has 0 aliphatic heterocycles. The van der Waals surface area contributed by atoms with E-state index in [9.17, 15) is 13.0 Å². The van der Waals surface area contributed by atoms with Crippen LogP contribution in [0.1, 0.15) is 380 Å². The van der Waals surface area contributed by atoms with Crippen LogP contribution >= 0.6 is 0 Å². The van der Waals surface area contributed by atoms with Crippen LogP contribution in [0.5, 0.6) is 0 Å². The van der Waals surface area contributed by atoms with E-state index in [1.165, 1.54) is 327 Å². The van der Waals surface area contributed by atoms with Crippen molar-refractivity contribution in [3.05, 3.63) is 36.8 Å². The maximum absolute atomic E-state index is 11.6. The highest BCUT2D eigenvalue weighted by Crippen LogP contribution is 2.21. The molecule has 4 nitrogen and oxygen atoms in total. The van der Waals surface area contributed by atoms with E-state index in [2.05, 4.69) is 57.6 Å². The Hall–Kier alpha value is -0.910. The van der Waals surface area contributed by atoms with Crippen LogP contribution in [0.4, 0.5) is 0 Å². The third-order valence-electron chi connectivity index (χ3n) is 15.8. The summed E-state index contributed by atoms with van der Waals surface area (Å²) < 4.78 is 33.5. The molecule has 0 aromatic carbocycles. The number of hydrogen-bond donors (Lipinski definition) is 1. The van der Waals surface area contributed by atoms with Crippen molar-refractivity contribution in [3.63, 3.8) is 0 Å². The Balaban J connectivity index is 4.89. The van der Waals surface area contributed by atoms with Crippen molar-refractivity contribution < 1.29 is 17.5 Å². The standard InChI is InChI=1S/C67H131NO3S/c1-4-7-10-13-16-19-22-25-28-31-34-37-40-43-46-49-52-55-58-63-68(66-61-62-67-72(69,70)71,64-59-56-53-50-47-44-41-38-35-32-29-26-23-20-17-14-11-8-5-2)65-60-57-54-51-48-45-42-39-36-33-30-27-24-21-18-15-12-9-6-3/h58-60,63-65H,4-57,61-62,66-67H2,1-3H3/p+1/b63-58+,64-59+,65-60+. The average Bonchev–Trinajstić information content (AvgIpc) is 3.37. The minimum Gasteiger partial charge on any atom is -0.286 e. The van der Waals surface area contributed by atoms with Crippen LogP contribution in [0.3, 0.4) is 0 Å². The summed E-state index contributed by atoms with van der Waals surface area (Å²) in [7, 11) is -3.94. The number of nitrogens with zero attached hydrogens (tertiary/aromatic N) is 1. The lowest BCUT2D eigenvalue weighted by Gasteiger charge is -2.27. The van der Waals surface area contributed by atoms with Crippen LogP contribution < -0.4 is 0 Å². The molecule has 5 heteroatoms. The van der Waals surface area contributed by atoms with E-state index in [1.54, 1.807) is 0 Å². The van der Waals surface area contributed by atoms with Gasteiger partial charge in [0.05, 0.1) is 12.3 Å². The van der Waals surface area contributed by atoms with E-state index < -0.39 is 10.1 Å². The lowest BCUT2D eigenvalue weighted by Crippen LogP contribution is -2.32. The van der Waals surface area contributed by atoms with Gasteiger partial charge in [0.25, 0.3) is 10.1 Å². The minimum absolute atomic E-state index is 0.151. The summed E-state index contributed by atoms with van der Waals surface area (Å²) in [5, 5.41) is 0. The third kappa shape index (κ3) is 58.4. The van der Waals surface area contributed by atoms with Gasteiger partial charge in [0.2, 0.25) is 0 Å². The molecule has 0 rings (SSSR count). The number of unbranched alkanes of at least 4 members (excludes halogenated alkanes) is 52. The highest BCUT2D eigenvalue weighted by atomic mass is 32.2. The molecule has 0 atom stereocenters. The summed E-state index contributed by atoms with van der Waals surface area (Å²) in [5.74, 6) is -0.151. The molecule has 0 aliphatic rings. The molecule has 0 radical (unpaired) electrons. The number of hydrogen-bond acceptors (Lipinski definition) is 2. The van der Waals surface area contributed by atoms with Crippen molar-refractivity contribution in [2.45, 2.75) is 380 Å². The fraction of sp³-hybridized carbons (Fsp3) is 0.910. The van der Waals surface area contributed by atoms with E-state index in [4.69, 9.17) is 0 Å². The fourth-order valence-corrected chi connectivity index (χ4v) is 11.4. The lowest BCUT2D eigenvalue weighted by molar-refractivity contribution is -0.774. The molecule has 0 aliphatic carbocycles. The molecule has 0 unspecified atom stereocenters. The van der Waals surface area contributed by atoms with Crippen molar-refractivity contribution >= 4 is 10.1 Å². The summed E-state index contributed by atoms with van der Waals surface area (Å²) in [4.78, 5) is 0. The van der Waals surface area contributed by atoms with E-state index >= 15 is 0 Å². The van der Waals surface area contributed by atoms with E-state index in [0.717, 1.165) is 32.2 Å². The summed E-state index contributed by atoms with van der Waals surface area (Å²) >= 11 is 0. The van der Waals surface area contributed by atoms with Gasteiger partial charge in [-0.1, -0.05) is 329 Å². The fourth-order valence-electron chi connectivity index (χ4n) is 10.8. The van der Waals surface area contributed by atoms with Crippen LogP contribution in [0.25, 0.3) is 0 Å². The second-order valence-corrected chi connectivity index (χ2v) is 24.8. The topological polar surface area (TPSA) is 54.4 Å². The Bertz CT molecular complexity index is 1110. The minimum atomic E-state index is -3.94. The van der Waals surface area contributed by atoms with Crippen molar-refractivity contribution in [1.29, 1.82) is 0 Å². The molecular formula is C67H132NO3S+. The van der Waals surface area contributed by atoms with Crippen LogP contribution in [-0.4, -0.2) is 29.8 Å². The maximum atomic E-state index is 11.6. The van der Waals surface area contributed by atoms with Gasteiger partial charge in [-0.2, -0.15) is 8.42 Å². The predicted molar refractivity (Wildman–Crippen MR) is 325 cm³/mol. The first-order valence-corrected chi connectivity index (χ1v) is 34.9. The second-order valence-electron chi connectivity index (χ2n) is 23.2. The van der Waals surface area contributed by atoms with Crippen molar-refractivity contribution in [2.24, 2.45) is 0 Å². The summed E-state index contributed by atoms with van der Waals surface area (Å²) in [6, 6.07) is 0. The van der Waals surface area contributed by atoms with Crippen LogP contribution in [0, 0.1) is 0 Å². The Labute approximate surface area is 454 Å². The molecule has 0 saturated heterocycles. The SMILES string of the molecule is CCCCCCCCCCCCCCCCCCC/C=C/[N+](/C=C/CCCCCCCCCCCCCCCCCCC)(/C=C/CCCCCCCCCCCCCCCCCCC)CCCCS(=O)(=O)O. The number of rotatable bonds is 62. The van der Waals surface area contributed by atoms with Gasteiger partial charge >= 0.3 is 0 Å². The van der Waals surface area contributed by atoms with Gasteiger partial charge in [-0.15, -0.1) is 0 Å². The first-order valence-electron chi connectivity index (χ1n) is 33.2. The molecule has 72 heavy (non-hydrogen) atoms. The van der Waals surface area contributed by atoms with Gasteiger partial charge in [0, 0.05) is 0 Å². The first kappa shape index (κ1) is 71.1. The molecule has 1 N–H and O–H groups in total. The van der Waals surface area contributed by atoms with Crippen molar-refractivity contribution in [3.8, 4) is 0 Å². The molecule has 0 heterocycles. The third-order valence-corrected chi connectivity index (χ3v) is 16.6. The van der Waals surface area contributed by atoms with Crippen molar-refractivity contribution in [1.82, 2.24) is 0 Å². The van der Waals surface area contributed by atoms with Gasteiger partial charge in [0.15, 0.2) is 0 Å². The largest absolute Gasteiger partial charge is 0.286 e. The van der Waals surface area contributed by atoms with Crippen molar-refractivity contribution in [2.75, 3.05) is 12.3 Å². The van der Waals surface area contributed by atoms with Gasteiger partial charge in [-0.3, -0.25) is 4.55 Å². The van der Waals surface area contributed by atoms with Gasteiger partial charge < -0.3 is 0 Å². The number of quaternary nitrogens is 1. The molecule has 0 bridgehead atoms. The Morgan fingerprint density at radius 3 is 0.625 bits per heavy atom. The lowest BCUT2D eigenvalue weighted by atomic mass is 10.0. The van der Waals surface area contributed by atoms with E-state index in [-0.39, 0.29) is 5.75 Å². The molecule has 428 valence electrons. The van der Waals surface area contributed by atoms with E-state index in [1.807, 2.05) is 0 Å². The smallest absolute Gasteiger partial charge is 0.264 e. The summed E-state index contributed by atoms with van der Waals surface area (Å²) in [6.45, 7) is 7.74. The van der Waals surface area contributed by atoms with Gasteiger partial charge in [-0.25, -0.2) is 4.48 Å². The summed E-state index contributed by atoms with van der Waals surface area (Å²) in [5.41, 5.74) is 0. The Kier molecular flexibility index (Phi) is 58.6. The first-order chi connectivity index (χ1) is 35.4. The zero-order chi connectivity index (χ0) is 52.3. The zero-order valence-corrected chi connectivity index (χ0v) is 50.4. The molecule has 0 saturated carbocycles. The predicted octanol–water partition coefficient (Wildman–Crippen LogP) is 24.1. The van der Waals surface area contributed by atoms with Crippen LogP contribution in [-0.2, 0) is 10.1 Å². The molecular weight excluding hydrogens is 899 g/mol. The highest BCUT2D eigenvalue weighted by Gasteiger charge is 2.19. The monoisotopic (exact) mass is 1030 g/mol. The Morgan fingerprint density at radius 1 is 0.264 bits per heavy atom. The molecule has 0 amide bonds. The van der Waals surface area contributed by atoms with Gasteiger partial charge in [-0.05, 0) is 69.6 Å². The summed E-state index contributed by atoms with van der Waals surface area (Å²) in [6.07, 6.45) is 90.3. The van der Waals surface area contributed by atoms with Gasteiger partial charge in [0.1, 0.15) is 18.6 Å². The molecule has 0 aromatic heterocycles.